The van der Waals surface area contributed by atoms with Crippen molar-refractivity contribution in [2.45, 2.75) is 6.04 Å². The van der Waals surface area contributed by atoms with Gasteiger partial charge >= 0.3 is 0 Å². The molecule has 0 aromatic heterocycles. The summed E-state index contributed by atoms with van der Waals surface area (Å²) in [6.07, 6.45) is 0. The molecular weight excluding hydrogens is 246 g/mol. The van der Waals surface area contributed by atoms with Gasteiger partial charge in [-0.25, -0.2) is 8.78 Å². The Morgan fingerprint density at radius 2 is 2.24 bits per heavy atom. The summed E-state index contributed by atoms with van der Waals surface area (Å²) in [7, 11) is 0. The molecule has 1 fully saturated rings. The van der Waals surface area contributed by atoms with Crippen LogP contribution in [0.1, 0.15) is 0 Å². The van der Waals surface area contributed by atoms with Gasteiger partial charge in [0.1, 0.15) is 11.7 Å². The Hall–Kier alpha value is -1.30. The molecule has 0 spiro atoms. The number of fused-ring (bicyclic) bond motifs is 3. The van der Waals surface area contributed by atoms with Gasteiger partial charge in [-0.3, -0.25) is 4.79 Å². The molecule has 1 amide bonds. The Morgan fingerprint density at radius 3 is 3.06 bits per heavy atom. The second kappa shape index (κ2) is 3.87. The molecule has 1 aromatic carbocycles. The Labute approximate surface area is 101 Å². The van der Waals surface area contributed by atoms with Crippen molar-refractivity contribution in [3.05, 3.63) is 23.8 Å². The minimum atomic E-state index is -0.878. The molecule has 1 N–H and O–H groups in total. The van der Waals surface area contributed by atoms with E-state index in [1.807, 2.05) is 0 Å². The van der Waals surface area contributed by atoms with E-state index in [2.05, 4.69) is 5.32 Å². The number of nitrogens with zero attached hydrogens (tertiary/aromatic N) is 1. The third-order valence-electron chi connectivity index (χ3n) is 3.05. The first-order valence-electron chi connectivity index (χ1n) is 5.32. The minimum Gasteiger partial charge on any atom is -0.354 e. The second-order valence-electron chi connectivity index (χ2n) is 4.03. The van der Waals surface area contributed by atoms with Crippen LogP contribution in [0.2, 0.25) is 0 Å². The largest absolute Gasteiger partial charge is 0.354 e. The average molecular weight is 256 g/mol. The molecule has 0 bridgehead atoms. The van der Waals surface area contributed by atoms with Crippen LogP contribution in [-0.2, 0) is 4.79 Å². The van der Waals surface area contributed by atoms with E-state index in [1.54, 1.807) is 16.7 Å². The molecule has 1 unspecified atom stereocenters. The van der Waals surface area contributed by atoms with Crippen molar-refractivity contribution in [3.8, 4) is 0 Å². The maximum atomic E-state index is 13.8. The molecule has 3 rings (SSSR count). The molecule has 1 saturated heterocycles. The highest BCUT2D eigenvalue weighted by atomic mass is 32.2. The number of anilines is 2. The van der Waals surface area contributed by atoms with Crippen LogP contribution in [0, 0.1) is 11.6 Å². The molecule has 0 saturated carbocycles. The Bertz CT molecular complexity index is 495. The summed E-state index contributed by atoms with van der Waals surface area (Å²) in [5.74, 6) is -0.465. The number of amides is 1. The van der Waals surface area contributed by atoms with E-state index in [4.69, 9.17) is 0 Å². The number of nitrogens with one attached hydrogen (secondary N) is 1. The molecule has 17 heavy (non-hydrogen) atoms. The van der Waals surface area contributed by atoms with Crippen LogP contribution >= 0.6 is 11.8 Å². The lowest BCUT2D eigenvalue weighted by atomic mass is 10.1. The van der Waals surface area contributed by atoms with E-state index in [1.165, 1.54) is 6.07 Å². The van der Waals surface area contributed by atoms with Crippen molar-refractivity contribution < 1.29 is 13.6 Å². The minimum absolute atomic E-state index is 0.143. The summed E-state index contributed by atoms with van der Waals surface area (Å²) in [5, 5.41) is 2.63. The summed E-state index contributed by atoms with van der Waals surface area (Å²) in [6, 6.07) is 2.05. The zero-order chi connectivity index (χ0) is 12.0. The van der Waals surface area contributed by atoms with Crippen LogP contribution in [0.3, 0.4) is 0 Å². The standard InChI is InChI=1S/C11H10F2N2OS/c12-6-1-2-7-10(9(6)13)15-3-4-17-5-8(15)11(16)14-7/h1-2,8H,3-5H2,(H,14,16). The van der Waals surface area contributed by atoms with Crippen LogP contribution in [0.25, 0.3) is 0 Å². The number of hydrogen-bond donors (Lipinski definition) is 1. The van der Waals surface area contributed by atoms with Gasteiger partial charge in [-0.05, 0) is 12.1 Å². The molecule has 2 heterocycles. The first-order valence-corrected chi connectivity index (χ1v) is 6.47. The predicted octanol–water partition coefficient (Wildman–Crippen LogP) is 1.84. The summed E-state index contributed by atoms with van der Waals surface area (Å²) >= 11 is 1.65. The van der Waals surface area contributed by atoms with Crippen LogP contribution < -0.4 is 10.2 Å². The maximum Gasteiger partial charge on any atom is 0.247 e. The first kappa shape index (κ1) is 10.8. The lowest BCUT2D eigenvalue weighted by Crippen LogP contribution is -2.53. The van der Waals surface area contributed by atoms with Crippen molar-refractivity contribution in [2.75, 3.05) is 28.3 Å². The zero-order valence-corrected chi connectivity index (χ0v) is 9.69. The van der Waals surface area contributed by atoms with Gasteiger partial charge in [-0.1, -0.05) is 0 Å². The number of carbonyl (C=O) groups is 1. The number of halogens is 2. The summed E-state index contributed by atoms with van der Waals surface area (Å²) in [5.41, 5.74) is 0.548. The van der Waals surface area contributed by atoms with E-state index >= 15 is 0 Å². The van der Waals surface area contributed by atoms with E-state index in [9.17, 15) is 13.6 Å². The summed E-state index contributed by atoms with van der Waals surface area (Å²) < 4.78 is 27.0. The third kappa shape index (κ3) is 1.58. The Balaban J connectivity index is 2.14. The topological polar surface area (TPSA) is 32.3 Å². The van der Waals surface area contributed by atoms with Gasteiger partial charge in [0, 0.05) is 18.1 Å². The van der Waals surface area contributed by atoms with E-state index in [0.29, 0.717) is 18.0 Å². The van der Waals surface area contributed by atoms with Gasteiger partial charge in [-0.15, -0.1) is 0 Å². The molecule has 6 heteroatoms. The Kier molecular flexibility index (Phi) is 2.47. The summed E-state index contributed by atoms with van der Waals surface area (Å²) in [6.45, 7) is 0.566. The smallest absolute Gasteiger partial charge is 0.247 e. The van der Waals surface area contributed by atoms with Gasteiger partial charge in [0.2, 0.25) is 5.91 Å². The average Bonchev–Trinajstić information content (AvgIpc) is 2.34. The fourth-order valence-electron chi connectivity index (χ4n) is 2.23. The van der Waals surface area contributed by atoms with Crippen molar-refractivity contribution in [1.29, 1.82) is 0 Å². The lowest BCUT2D eigenvalue weighted by molar-refractivity contribution is -0.117. The van der Waals surface area contributed by atoms with Crippen molar-refractivity contribution in [3.63, 3.8) is 0 Å². The Morgan fingerprint density at radius 1 is 1.41 bits per heavy atom. The SMILES string of the molecule is O=C1Nc2ccc(F)c(F)c2N2CCSCC12. The third-order valence-corrected chi connectivity index (χ3v) is 4.07. The van der Waals surface area contributed by atoms with E-state index in [0.717, 1.165) is 11.8 Å². The lowest BCUT2D eigenvalue weighted by Gasteiger charge is -2.40. The molecule has 3 nitrogen and oxygen atoms in total. The monoisotopic (exact) mass is 256 g/mol. The second-order valence-corrected chi connectivity index (χ2v) is 5.18. The van der Waals surface area contributed by atoms with Gasteiger partial charge in [0.05, 0.1) is 5.69 Å². The van der Waals surface area contributed by atoms with Crippen LogP contribution in [0.5, 0.6) is 0 Å². The van der Waals surface area contributed by atoms with Crippen LogP contribution in [0.4, 0.5) is 20.2 Å². The first-order chi connectivity index (χ1) is 8.18. The molecule has 90 valence electrons. The normalized spacial score (nSPS) is 22.8. The molecule has 1 aromatic rings. The van der Waals surface area contributed by atoms with Crippen molar-refractivity contribution >= 4 is 29.0 Å². The highest BCUT2D eigenvalue weighted by Gasteiger charge is 2.37. The molecule has 1 atom stereocenters. The van der Waals surface area contributed by atoms with Crippen molar-refractivity contribution in [2.24, 2.45) is 0 Å². The predicted molar refractivity (Wildman–Crippen MR) is 63.4 cm³/mol. The molecule has 0 aliphatic carbocycles. The quantitative estimate of drug-likeness (QED) is 0.768. The van der Waals surface area contributed by atoms with Crippen molar-refractivity contribution in [1.82, 2.24) is 0 Å². The highest BCUT2D eigenvalue weighted by Crippen LogP contribution is 2.38. The maximum absolute atomic E-state index is 13.8. The number of hydrogen-bond acceptors (Lipinski definition) is 3. The van der Waals surface area contributed by atoms with Gasteiger partial charge in [-0.2, -0.15) is 11.8 Å². The van der Waals surface area contributed by atoms with Gasteiger partial charge in [0.25, 0.3) is 0 Å². The van der Waals surface area contributed by atoms with E-state index in [-0.39, 0.29) is 11.6 Å². The summed E-state index contributed by atoms with van der Waals surface area (Å²) in [4.78, 5) is 13.5. The molecular formula is C11H10F2N2OS. The number of thioether (sulfide) groups is 1. The highest BCUT2D eigenvalue weighted by molar-refractivity contribution is 7.99. The zero-order valence-electron chi connectivity index (χ0n) is 8.87. The fourth-order valence-corrected chi connectivity index (χ4v) is 3.27. The number of carbonyl (C=O) groups excluding carboxylic acids is 1. The van der Waals surface area contributed by atoms with Crippen LogP contribution in [-0.4, -0.2) is 30.0 Å². The van der Waals surface area contributed by atoms with Gasteiger partial charge < -0.3 is 10.2 Å². The fraction of sp³-hybridized carbons (Fsp3) is 0.364. The number of rotatable bonds is 0. The van der Waals surface area contributed by atoms with Crippen LogP contribution in [0.15, 0.2) is 12.1 Å². The van der Waals surface area contributed by atoms with Gasteiger partial charge in [0.15, 0.2) is 11.6 Å². The van der Waals surface area contributed by atoms with E-state index < -0.39 is 17.7 Å². The molecule has 0 radical (unpaired) electrons. The number of benzene rings is 1. The molecule has 2 aliphatic heterocycles. The molecule has 2 aliphatic rings.